The zero-order valence-corrected chi connectivity index (χ0v) is 61.5. The molecule has 546 valence electrons. The summed E-state index contributed by atoms with van der Waals surface area (Å²) in [7, 11) is 0. The molecule has 3 saturated heterocycles. The number of unbranched alkanes of at least 4 members (excludes halogenated alkanes) is 3. The van der Waals surface area contributed by atoms with E-state index in [1.54, 1.807) is 87.9 Å². The average Bonchev–Trinajstić information content (AvgIpc) is 1.51. The Morgan fingerprint density at radius 1 is 0.363 bits per heavy atom. The third kappa shape index (κ3) is 20.3. The first-order valence-corrected chi connectivity index (χ1v) is 38.2. The second kappa shape index (κ2) is 38.8. The zero-order chi connectivity index (χ0) is 71.7. The van der Waals surface area contributed by atoms with Gasteiger partial charge in [-0.1, -0.05) is 116 Å². The number of piperidine rings is 3. The Hall–Kier alpha value is -8.31. The van der Waals surface area contributed by atoms with Gasteiger partial charge in [0.25, 0.3) is 17.7 Å². The minimum absolute atomic E-state index is 0.0541. The first-order valence-electron chi connectivity index (χ1n) is 38.2. The number of aromatic nitrogens is 3. The van der Waals surface area contributed by atoms with E-state index in [-0.39, 0.29) is 35.4 Å². The lowest BCUT2D eigenvalue weighted by Gasteiger charge is -2.33. The lowest BCUT2D eigenvalue weighted by Crippen LogP contribution is -2.42. The second-order valence-corrected chi connectivity index (χ2v) is 28.0. The maximum absolute atomic E-state index is 13.6. The molecule has 0 saturated carbocycles. The molecule has 3 fully saturated rings. The van der Waals surface area contributed by atoms with Crippen LogP contribution in [0, 0.1) is 17.8 Å². The van der Waals surface area contributed by atoms with Gasteiger partial charge >= 0.3 is 0 Å². The van der Waals surface area contributed by atoms with Crippen molar-refractivity contribution in [3.63, 3.8) is 0 Å². The van der Waals surface area contributed by atoms with Gasteiger partial charge in [0.1, 0.15) is 0 Å². The molecule has 21 nitrogen and oxygen atoms in total. The predicted molar refractivity (Wildman–Crippen MR) is 410 cm³/mol. The molecule has 12 rings (SSSR count). The molecule has 3 N–H and O–H groups in total. The number of pyridine rings is 3. The highest BCUT2D eigenvalue weighted by Crippen LogP contribution is 2.40. The standard InChI is InChI=1S/3C27H37N5O2/c3*1-3-30(4-2)17-8-7-10-21-14-18-31(19-15-21)20-25(33)32-24-13-6-5-11-22(24)27(34)29-23-12-9-16-28-26(23)32/h3*5-6,9,11-13,16,21H,3-4,7-8,10,14-15,17-20H2,1-2H3,(H,29,34). The summed E-state index contributed by atoms with van der Waals surface area (Å²) in [4.78, 5) is 111. The number of carbonyl (C=O) groups is 6. The first-order chi connectivity index (χ1) is 49.8. The number of rotatable bonds is 27. The number of nitrogens with zero attached hydrogens (tertiary/aromatic N) is 12. The molecule has 21 heteroatoms. The summed E-state index contributed by atoms with van der Waals surface area (Å²) in [5, 5.41) is 8.70. The van der Waals surface area contributed by atoms with Crippen molar-refractivity contribution in [2.24, 2.45) is 17.8 Å². The average molecular weight is 1390 g/mol. The van der Waals surface area contributed by atoms with Crippen LogP contribution in [0.2, 0.25) is 0 Å². The highest BCUT2D eigenvalue weighted by atomic mass is 16.2. The summed E-state index contributed by atoms with van der Waals surface area (Å²) in [6, 6.07) is 32.4. The van der Waals surface area contributed by atoms with Gasteiger partial charge in [-0.05, 0) is 247 Å². The first kappa shape index (κ1) is 76.3. The molecular formula is C81H111N15O6. The fraction of sp³-hybridized carbons (Fsp3) is 0.519. The van der Waals surface area contributed by atoms with E-state index in [2.05, 4.69) is 102 Å². The lowest BCUT2D eigenvalue weighted by atomic mass is 9.91. The van der Waals surface area contributed by atoms with E-state index in [1.165, 1.54) is 77.4 Å². The summed E-state index contributed by atoms with van der Waals surface area (Å²) in [5.74, 6) is 2.89. The van der Waals surface area contributed by atoms with Crippen LogP contribution in [0.4, 0.5) is 51.6 Å². The van der Waals surface area contributed by atoms with E-state index in [1.807, 2.05) is 54.6 Å². The van der Waals surface area contributed by atoms with Gasteiger partial charge in [-0.25, -0.2) is 15.0 Å². The van der Waals surface area contributed by atoms with E-state index in [0.717, 1.165) is 135 Å². The molecule has 0 bridgehead atoms. The molecule has 3 aromatic heterocycles. The van der Waals surface area contributed by atoms with E-state index in [4.69, 9.17) is 0 Å². The topological polar surface area (TPSA) is 206 Å². The van der Waals surface area contributed by atoms with Crippen molar-refractivity contribution in [1.82, 2.24) is 44.4 Å². The predicted octanol–water partition coefficient (Wildman–Crippen LogP) is 13.6. The number of amides is 6. The van der Waals surface area contributed by atoms with E-state index < -0.39 is 0 Å². The van der Waals surface area contributed by atoms with Crippen LogP contribution in [0.3, 0.4) is 0 Å². The minimum atomic E-state index is -0.220. The molecule has 6 aromatic rings. The Morgan fingerprint density at radius 2 is 0.618 bits per heavy atom. The molecule has 0 unspecified atom stereocenters. The molecular weight excluding hydrogens is 1280 g/mol. The van der Waals surface area contributed by atoms with Gasteiger partial charge in [-0.15, -0.1) is 0 Å². The fourth-order valence-electron chi connectivity index (χ4n) is 15.3. The number of nitrogens with one attached hydrogen (secondary N) is 3. The van der Waals surface area contributed by atoms with Gasteiger partial charge in [-0.3, -0.25) is 58.2 Å². The van der Waals surface area contributed by atoms with Crippen LogP contribution in [-0.2, 0) is 14.4 Å². The molecule has 0 aliphatic carbocycles. The molecule has 0 radical (unpaired) electrons. The van der Waals surface area contributed by atoms with E-state index in [0.29, 0.717) is 87.9 Å². The number of carbonyl (C=O) groups excluding carboxylic acids is 6. The van der Waals surface area contributed by atoms with Gasteiger partial charge in [0.05, 0.1) is 70.4 Å². The molecule has 6 amide bonds. The van der Waals surface area contributed by atoms with Crippen LogP contribution in [0.15, 0.2) is 128 Å². The van der Waals surface area contributed by atoms with Crippen molar-refractivity contribution in [2.45, 2.75) is 138 Å². The van der Waals surface area contributed by atoms with Gasteiger partial charge in [0, 0.05) is 18.6 Å². The number of para-hydroxylation sites is 3. The smallest absolute Gasteiger partial charge is 0.257 e. The maximum atomic E-state index is 13.6. The summed E-state index contributed by atoms with van der Waals surface area (Å²) in [5.41, 5.74) is 4.88. The fourth-order valence-corrected chi connectivity index (χ4v) is 15.3. The third-order valence-electron chi connectivity index (χ3n) is 21.5. The van der Waals surface area contributed by atoms with Crippen LogP contribution in [0.25, 0.3) is 0 Å². The largest absolute Gasteiger partial charge is 0.319 e. The van der Waals surface area contributed by atoms with Crippen molar-refractivity contribution >= 4 is 87.0 Å². The molecule has 9 heterocycles. The Kier molecular flexibility index (Phi) is 29.0. The zero-order valence-electron chi connectivity index (χ0n) is 61.5. The monoisotopic (exact) mass is 1390 g/mol. The van der Waals surface area contributed by atoms with Crippen LogP contribution < -0.4 is 30.7 Å². The van der Waals surface area contributed by atoms with E-state index >= 15 is 0 Å². The SMILES string of the molecule is CCN(CC)CCCCC1CCN(CC(=O)N2c3ccccc3C(=O)Nc3cccnc32)CC1.CCN(CC)CCCCC1CCN(CC(=O)N2c3ccccc3C(=O)Nc3cccnc32)CC1.CCN(CC)CCCCC1CCN(CC(=O)N2c3ccccc3C(=O)Nc3cccnc32)CC1. The summed E-state index contributed by atoms with van der Waals surface area (Å²) in [6.45, 7) is 30.4. The lowest BCUT2D eigenvalue weighted by molar-refractivity contribution is -0.120. The molecule has 0 atom stereocenters. The number of likely N-dealkylation sites (tertiary alicyclic amines) is 3. The molecule has 3 aromatic carbocycles. The second-order valence-electron chi connectivity index (χ2n) is 28.0. The quantitative estimate of drug-likeness (QED) is 0.0410. The van der Waals surface area contributed by atoms with Crippen molar-refractivity contribution in [3.05, 3.63) is 144 Å². The van der Waals surface area contributed by atoms with Crippen LogP contribution >= 0.6 is 0 Å². The van der Waals surface area contributed by atoms with Crippen LogP contribution in [0.5, 0.6) is 0 Å². The van der Waals surface area contributed by atoms with Crippen molar-refractivity contribution in [3.8, 4) is 0 Å². The highest BCUT2D eigenvalue weighted by Gasteiger charge is 2.36. The Labute approximate surface area is 605 Å². The minimum Gasteiger partial charge on any atom is -0.319 e. The number of anilines is 9. The Balaban J connectivity index is 0.000000165. The third-order valence-corrected chi connectivity index (χ3v) is 21.5. The summed E-state index contributed by atoms with van der Waals surface area (Å²) < 4.78 is 0. The van der Waals surface area contributed by atoms with Gasteiger partial charge in [0.2, 0.25) is 17.7 Å². The summed E-state index contributed by atoms with van der Waals surface area (Å²) >= 11 is 0. The number of hydrogen-bond acceptors (Lipinski definition) is 15. The van der Waals surface area contributed by atoms with Crippen LogP contribution in [-0.4, -0.2) is 198 Å². The molecule has 6 aliphatic rings. The van der Waals surface area contributed by atoms with Gasteiger partial charge < -0.3 is 30.7 Å². The van der Waals surface area contributed by atoms with Gasteiger partial charge in [-0.2, -0.15) is 0 Å². The normalized spacial score (nSPS) is 16.7. The number of hydrogen-bond donors (Lipinski definition) is 3. The summed E-state index contributed by atoms with van der Waals surface area (Å²) in [6.07, 6.45) is 23.4. The molecule has 0 spiro atoms. The number of fused-ring (bicyclic) bond motifs is 6. The molecule has 6 aliphatic heterocycles. The van der Waals surface area contributed by atoms with Crippen molar-refractivity contribution < 1.29 is 28.8 Å². The Bertz CT molecular complexity index is 3330. The van der Waals surface area contributed by atoms with Crippen LogP contribution in [0.1, 0.15) is 169 Å². The molecule has 102 heavy (non-hydrogen) atoms. The Morgan fingerprint density at radius 3 is 0.873 bits per heavy atom. The highest BCUT2D eigenvalue weighted by molar-refractivity contribution is 6.19. The van der Waals surface area contributed by atoms with Crippen molar-refractivity contribution in [2.75, 3.05) is 148 Å². The van der Waals surface area contributed by atoms with E-state index in [9.17, 15) is 28.8 Å². The van der Waals surface area contributed by atoms with Crippen molar-refractivity contribution in [1.29, 1.82) is 0 Å². The maximum Gasteiger partial charge on any atom is 0.257 e. The number of benzene rings is 3. The van der Waals surface area contributed by atoms with Gasteiger partial charge in [0.15, 0.2) is 17.5 Å².